The number of carbonyl (C=O) groups excluding carboxylic acids is 2. The summed E-state index contributed by atoms with van der Waals surface area (Å²) in [5.41, 5.74) is 7.79. The Morgan fingerprint density at radius 2 is 1.60 bits per heavy atom. The van der Waals surface area contributed by atoms with E-state index in [0.717, 1.165) is 11.1 Å². The van der Waals surface area contributed by atoms with Crippen molar-refractivity contribution < 1.29 is 18.0 Å². The number of rotatable bonds is 5. The maximum Gasteiger partial charge on any atom is 0.318 e. The number of carbonyl (C=O) groups is 2. The van der Waals surface area contributed by atoms with Crippen LogP contribution in [0, 0.1) is 13.8 Å². The topological polar surface area (TPSA) is 113 Å². The van der Waals surface area contributed by atoms with Gasteiger partial charge in [0, 0.05) is 26.2 Å². The molecule has 2 aromatic rings. The third kappa shape index (κ3) is 4.69. The lowest BCUT2D eigenvalue weighted by Gasteiger charge is -2.38. The van der Waals surface area contributed by atoms with E-state index >= 15 is 0 Å². The van der Waals surface area contributed by atoms with Crippen LogP contribution in [0.4, 0.5) is 4.79 Å². The molecule has 160 valence electrons. The van der Waals surface area contributed by atoms with E-state index in [9.17, 15) is 18.0 Å². The molecule has 0 spiro atoms. The molecule has 0 bridgehead atoms. The Kier molecular flexibility index (Phi) is 6.55. The summed E-state index contributed by atoms with van der Waals surface area (Å²) < 4.78 is 27.5. The zero-order valence-corrected chi connectivity index (χ0v) is 17.9. The standard InChI is InChI=1S/C21H26N4O4S/c1-15-8-9-18(14-16(15)2)30(28,29)25-12-10-24(11-13-25)19(20(26)23-21(22)27)17-6-4-3-5-7-17/h3-9,14,19H,10-13H2,1-2H3,(H3,22,23,26,27)/t19-/m0/s1. The second-order valence-electron chi connectivity index (χ2n) is 7.35. The summed E-state index contributed by atoms with van der Waals surface area (Å²) in [6, 6.07) is 12.5. The number of piperazine rings is 1. The number of hydrogen-bond acceptors (Lipinski definition) is 5. The van der Waals surface area contributed by atoms with Gasteiger partial charge in [0.15, 0.2) is 0 Å². The molecule has 0 aliphatic carbocycles. The van der Waals surface area contributed by atoms with Crippen molar-refractivity contribution in [1.82, 2.24) is 14.5 Å². The normalized spacial score (nSPS) is 16.7. The van der Waals surface area contributed by atoms with Crippen molar-refractivity contribution >= 4 is 22.0 Å². The highest BCUT2D eigenvalue weighted by molar-refractivity contribution is 7.89. The number of nitrogens with two attached hydrogens (primary N) is 1. The third-order valence-corrected chi connectivity index (χ3v) is 7.26. The van der Waals surface area contributed by atoms with Gasteiger partial charge in [-0.3, -0.25) is 15.0 Å². The molecule has 30 heavy (non-hydrogen) atoms. The largest absolute Gasteiger partial charge is 0.351 e. The number of benzene rings is 2. The lowest BCUT2D eigenvalue weighted by Crippen LogP contribution is -2.53. The minimum atomic E-state index is -3.62. The first-order valence-corrected chi connectivity index (χ1v) is 11.1. The van der Waals surface area contributed by atoms with Gasteiger partial charge in [-0.1, -0.05) is 36.4 Å². The quantitative estimate of drug-likeness (QED) is 0.747. The van der Waals surface area contributed by atoms with Gasteiger partial charge in [0.05, 0.1) is 4.90 Å². The van der Waals surface area contributed by atoms with Gasteiger partial charge in [-0.2, -0.15) is 4.31 Å². The maximum absolute atomic E-state index is 13.0. The van der Waals surface area contributed by atoms with E-state index < -0.39 is 28.0 Å². The summed E-state index contributed by atoms with van der Waals surface area (Å²) in [7, 11) is -3.62. The van der Waals surface area contributed by atoms with E-state index in [-0.39, 0.29) is 18.0 Å². The van der Waals surface area contributed by atoms with Crippen LogP contribution in [0.15, 0.2) is 53.4 Å². The van der Waals surface area contributed by atoms with Crippen LogP contribution in [0.1, 0.15) is 22.7 Å². The third-order valence-electron chi connectivity index (χ3n) is 5.36. The molecule has 8 nitrogen and oxygen atoms in total. The van der Waals surface area contributed by atoms with Crippen LogP contribution in [0.2, 0.25) is 0 Å². The number of aryl methyl sites for hydroxylation is 2. The Hall–Kier alpha value is -2.75. The number of hydrogen-bond donors (Lipinski definition) is 2. The number of primary amides is 1. The summed E-state index contributed by atoms with van der Waals surface area (Å²) in [5.74, 6) is -0.529. The van der Waals surface area contributed by atoms with Crippen LogP contribution in [0.5, 0.6) is 0 Å². The van der Waals surface area contributed by atoms with Gasteiger partial charge in [0.2, 0.25) is 15.9 Å². The van der Waals surface area contributed by atoms with Crippen LogP contribution in [0.3, 0.4) is 0 Å². The molecular weight excluding hydrogens is 404 g/mol. The molecule has 3 rings (SSSR count). The zero-order chi connectivity index (χ0) is 21.9. The number of nitrogens with one attached hydrogen (secondary N) is 1. The zero-order valence-electron chi connectivity index (χ0n) is 17.0. The summed E-state index contributed by atoms with van der Waals surface area (Å²) in [6.07, 6.45) is 0. The van der Waals surface area contributed by atoms with E-state index in [1.807, 2.05) is 24.8 Å². The van der Waals surface area contributed by atoms with Crippen LogP contribution >= 0.6 is 0 Å². The molecule has 1 aliphatic heterocycles. The fourth-order valence-corrected chi connectivity index (χ4v) is 5.09. The Bertz CT molecular complexity index is 1030. The molecule has 1 saturated heterocycles. The molecule has 0 radical (unpaired) electrons. The van der Waals surface area contributed by atoms with Crippen molar-refractivity contribution in [3.8, 4) is 0 Å². The smallest absolute Gasteiger partial charge is 0.318 e. The molecule has 1 atom stereocenters. The van der Waals surface area contributed by atoms with Crippen molar-refractivity contribution in [1.29, 1.82) is 0 Å². The van der Waals surface area contributed by atoms with E-state index in [2.05, 4.69) is 5.32 Å². The fraction of sp³-hybridized carbons (Fsp3) is 0.333. The van der Waals surface area contributed by atoms with E-state index in [4.69, 9.17) is 5.73 Å². The van der Waals surface area contributed by atoms with Gasteiger partial charge in [0.25, 0.3) is 0 Å². The van der Waals surface area contributed by atoms with Gasteiger partial charge in [0.1, 0.15) is 6.04 Å². The van der Waals surface area contributed by atoms with Gasteiger partial charge in [-0.25, -0.2) is 13.2 Å². The molecule has 0 saturated carbocycles. The molecule has 3 amide bonds. The van der Waals surface area contributed by atoms with Crippen LogP contribution < -0.4 is 11.1 Å². The monoisotopic (exact) mass is 430 g/mol. The molecule has 0 aromatic heterocycles. The molecule has 9 heteroatoms. The van der Waals surface area contributed by atoms with Gasteiger partial charge in [-0.05, 0) is 42.7 Å². The minimum absolute atomic E-state index is 0.239. The predicted octanol–water partition coefficient (Wildman–Crippen LogP) is 1.55. The highest BCUT2D eigenvalue weighted by Gasteiger charge is 2.34. The Balaban J connectivity index is 1.78. The van der Waals surface area contributed by atoms with Gasteiger partial charge < -0.3 is 5.73 Å². The second-order valence-corrected chi connectivity index (χ2v) is 9.29. The van der Waals surface area contributed by atoms with Crippen LogP contribution in [-0.4, -0.2) is 55.7 Å². The van der Waals surface area contributed by atoms with E-state index in [0.29, 0.717) is 18.7 Å². The summed E-state index contributed by atoms with van der Waals surface area (Å²) in [5, 5.41) is 2.14. The highest BCUT2D eigenvalue weighted by atomic mass is 32.2. The summed E-state index contributed by atoms with van der Waals surface area (Å²) >= 11 is 0. The number of urea groups is 1. The van der Waals surface area contributed by atoms with Crippen molar-refractivity contribution in [3.63, 3.8) is 0 Å². The van der Waals surface area contributed by atoms with Crippen LogP contribution in [-0.2, 0) is 14.8 Å². The van der Waals surface area contributed by atoms with E-state index in [1.54, 1.807) is 42.5 Å². The first-order valence-electron chi connectivity index (χ1n) is 9.67. The number of nitrogens with zero attached hydrogens (tertiary/aromatic N) is 2. The first kappa shape index (κ1) is 21.9. The number of sulfonamides is 1. The van der Waals surface area contributed by atoms with Gasteiger partial charge in [-0.15, -0.1) is 0 Å². The summed E-state index contributed by atoms with van der Waals surface area (Å²) in [6.45, 7) is 4.98. The predicted molar refractivity (Wildman–Crippen MR) is 113 cm³/mol. The first-order chi connectivity index (χ1) is 14.2. The molecule has 1 heterocycles. The lowest BCUT2D eigenvalue weighted by molar-refractivity contribution is -0.126. The number of amides is 3. The average Bonchev–Trinajstić information content (AvgIpc) is 2.71. The lowest BCUT2D eigenvalue weighted by atomic mass is 10.0. The Morgan fingerprint density at radius 1 is 0.967 bits per heavy atom. The van der Waals surface area contributed by atoms with Crippen molar-refractivity contribution in [2.75, 3.05) is 26.2 Å². The average molecular weight is 431 g/mol. The molecular formula is C21H26N4O4S. The molecule has 0 unspecified atom stereocenters. The summed E-state index contributed by atoms with van der Waals surface area (Å²) in [4.78, 5) is 26.0. The fourth-order valence-electron chi connectivity index (χ4n) is 3.58. The molecule has 1 fully saturated rings. The highest BCUT2D eigenvalue weighted by Crippen LogP contribution is 2.25. The van der Waals surface area contributed by atoms with Gasteiger partial charge >= 0.3 is 6.03 Å². The second kappa shape index (κ2) is 8.95. The van der Waals surface area contributed by atoms with Crippen LogP contribution in [0.25, 0.3) is 0 Å². The Labute approximate surface area is 176 Å². The van der Waals surface area contributed by atoms with Crippen molar-refractivity contribution in [3.05, 3.63) is 65.2 Å². The van der Waals surface area contributed by atoms with E-state index in [1.165, 1.54) is 4.31 Å². The molecule has 2 aromatic carbocycles. The Morgan fingerprint density at radius 3 is 2.17 bits per heavy atom. The van der Waals surface area contributed by atoms with Crippen molar-refractivity contribution in [2.24, 2.45) is 5.73 Å². The number of imide groups is 1. The molecule has 3 N–H and O–H groups in total. The van der Waals surface area contributed by atoms with Crippen molar-refractivity contribution in [2.45, 2.75) is 24.8 Å². The molecule has 1 aliphatic rings. The SMILES string of the molecule is Cc1ccc(S(=O)(=O)N2CCN([C@H](C(=O)NC(N)=O)c3ccccc3)CC2)cc1C. The minimum Gasteiger partial charge on any atom is -0.351 e. The maximum atomic E-state index is 13.0.